The summed E-state index contributed by atoms with van der Waals surface area (Å²) in [5.41, 5.74) is 2.27. The number of halogens is 2. The Morgan fingerprint density at radius 1 is 0.900 bits per heavy atom. The highest BCUT2D eigenvalue weighted by molar-refractivity contribution is 9.10. The molecule has 4 rings (SSSR count). The number of methoxy groups -OCH3 is 1. The van der Waals surface area contributed by atoms with Crippen molar-refractivity contribution in [2.75, 3.05) is 12.4 Å². The van der Waals surface area contributed by atoms with Crippen LogP contribution in [0.5, 0.6) is 5.75 Å². The van der Waals surface area contributed by atoms with E-state index in [1.54, 1.807) is 36.1 Å². The fourth-order valence-electron chi connectivity index (χ4n) is 2.82. The molecule has 0 bridgehead atoms. The van der Waals surface area contributed by atoms with Crippen LogP contribution in [-0.4, -0.2) is 27.8 Å². The Kier molecular flexibility index (Phi) is 5.96. The maximum absolute atomic E-state index is 12.8. The first-order valence-corrected chi connectivity index (χ1v) is 10.6. The highest BCUT2D eigenvalue weighted by Gasteiger charge is 2.19. The number of ether oxygens (including phenoxy) is 1. The van der Waals surface area contributed by atoms with Crippen molar-refractivity contribution in [2.24, 2.45) is 0 Å². The van der Waals surface area contributed by atoms with Gasteiger partial charge in [-0.3, -0.25) is 4.79 Å². The van der Waals surface area contributed by atoms with Gasteiger partial charge in [-0.25, -0.2) is 9.67 Å². The molecule has 0 aliphatic heterocycles. The molecular weight excluding hydrogens is 512 g/mol. The van der Waals surface area contributed by atoms with Gasteiger partial charge in [-0.05, 0) is 60.7 Å². The molecule has 1 N–H and O–H groups in total. The molecular formula is C22H16Br2N4O2. The molecule has 6 nitrogen and oxygen atoms in total. The van der Waals surface area contributed by atoms with E-state index in [1.807, 2.05) is 48.5 Å². The van der Waals surface area contributed by atoms with Crippen molar-refractivity contribution in [1.82, 2.24) is 14.8 Å². The monoisotopic (exact) mass is 526 g/mol. The largest absolute Gasteiger partial charge is 0.497 e. The summed E-state index contributed by atoms with van der Waals surface area (Å²) < 4.78 is 8.72. The number of carbonyl (C=O) groups is 1. The number of nitrogens with zero attached hydrogens (tertiary/aromatic N) is 3. The Bertz CT molecular complexity index is 1110. The number of aromatic nitrogens is 3. The average molecular weight is 528 g/mol. The number of amides is 1. The molecule has 0 aliphatic rings. The minimum absolute atomic E-state index is 0.0756. The summed E-state index contributed by atoms with van der Waals surface area (Å²) in [6.45, 7) is 0. The molecule has 0 atom stereocenters. The molecule has 0 fully saturated rings. The lowest BCUT2D eigenvalue weighted by Gasteiger charge is -2.06. The van der Waals surface area contributed by atoms with Crippen LogP contribution in [0.25, 0.3) is 17.1 Å². The third-order valence-corrected chi connectivity index (χ3v) is 5.39. The van der Waals surface area contributed by atoms with Crippen molar-refractivity contribution in [3.05, 3.63) is 87.6 Å². The standard InChI is InChI=1S/C22H16Br2N4O2/c1-30-19-12-8-17(9-13-19)25-22(29)20-26-21(14-2-4-15(23)5-3-14)28(27-20)18-10-6-16(24)7-11-18/h2-13H,1H3,(H,25,29). The molecule has 0 aliphatic carbocycles. The smallest absolute Gasteiger partial charge is 0.295 e. The number of anilines is 1. The van der Waals surface area contributed by atoms with E-state index in [0.717, 1.165) is 20.2 Å². The summed E-state index contributed by atoms with van der Waals surface area (Å²) in [4.78, 5) is 17.3. The zero-order chi connectivity index (χ0) is 21.1. The van der Waals surface area contributed by atoms with E-state index < -0.39 is 5.91 Å². The second-order valence-corrected chi connectivity index (χ2v) is 8.17. The van der Waals surface area contributed by atoms with E-state index in [9.17, 15) is 4.79 Å². The van der Waals surface area contributed by atoms with Crippen LogP contribution in [-0.2, 0) is 0 Å². The highest BCUT2D eigenvalue weighted by Crippen LogP contribution is 2.24. The minimum Gasteiger partial charge on any atom is -0.497 e. The van der Waals surface area contributed by atoms with Crippen LogP contribution in [0, 0.1) is 0 Å². The van der Waals surface area contributed by atoms with Gasteiger partial charge in [-0.2, -0.15) is 0 Å². The number of carbonyl (C=O) groups excluding carboxylic acids is 1. The molecule has 30 heavy (non-hydrogen) atoms. The molecule has 0 radical (unpaired) electrons. The number of rotatable bonds is 5. The Hall–Kier alpha value is -2.97. The van der Waals surface area contributed by atoms with Crippen LogP contribution < -0.4 is 10.1 Å². The zero-order valence-electron chi connectivity index (χ0n) is 15.8. The predicted molar refractivity (Wildman–Crippen MR) is 123 cm³/mol. The van der Waals surface area contributed by atoms with Crippen LogP contribution in [0.15, 0.2) is 81.7 Å². The third-order valence-electron chi connectivity index (χ3n) is 4.33. The first-order chi connectivity index (χ1) is 14.5. The normalized spacial score (nSPS) is 10.6. The fraction of sp³-hybridized carbons (Fsp3) is 0.0455. The molecule has 1 aromatic heterocycles. The Balaban J connectivity index is 1.71. The van der Waals surface area contributed by atoms with E-state index in [1.165, 1.54) is 0 Å². The SMILES string of the molecule is COc1ccc(NC(=O)c2nc(-c3ccc(Br)cc3)n(-c3ccc(Br)cc3)n2)cc1. The van der Waals surface area contributed by atoms with Crippen molar-refractivity contribution in [2.45, 2.75) is 0 Å². The summed E-state index contributed by atoms with van der Waals surface area (Å²) in [6, 6.07) is 22.4. The summed E-state index contributed by atoms with van der Waals surface area (Å²) in [5, 5.41) is 7.30. The van der Waals surface area contributed by atoms with E-state index in [0.29, 0.717) is 17.3 Å². The maximum Gasteiger partial charge on any atom is 0.295 e. The maximum atomic E-state index is 12.8. The van der Waals surface area contributed by atoms with E-state index in [2.05, 4.69) is 47.3 Å². The molecule has 3 aromatic carbocycles. The lowest BCUT2D eigenvalue weighted by atomic mass is 10.2. The van der Waals surface area contributed by atoms with Gasteiger partial charge in [-0.1, -0.05) is 44.0 Å². The first-order valence-electron chi connectivity index (χ1n) is 8.98. The van der Waals surface area contributed by atoms with Crippen molar-refractivity contribution in [1.29, 1.82) is 0 Å². The quantitative estimate of drug-likeness (QED) is 0.360. The molecule has 8 heteroatoms. The van der Waals surface area contributed by atoms with Gasteiger partial charge in [0.2, 0.25) is 5.82 Å². The fourth-order valence-corrected chi connectivity index (χ4v) is 3.35. The Morgan fingerprint density at radius 2 is 1.50 bits per heavy atom. The van der Waals surface area contributed by atoms with Crippen LogP contribution >= 0.6 is 31.9 Å². The number of nitrogens with one attached hydrogen (secondary N) is 1. The van der Waals surface area contributed by atoms with Crippen molar-refractivity contribution in [3.8, 4) is 22.8 Å². The van der Waals surface area contributed by atoms with Crippen LogP contribution in [0.4, 0.5) is 5.69 Å². The topological polar surface area (TPSA) is 69.0 Å². The molecule has 0 unspecified atom stereocenters. The Labute approximate surface area is 190 Å². The lowest BCUT2D eigenvalue weighted by Crippen LogP contribution is -2.14. The molecule has 0 saturated carbocycles. The summed E-state index contributed by atoms with van der Waals surface area (Å²) in [7, 11) is 1.59. The molecule has 1 heterocycles. The van der Waals surface area contributed by atoms with E-state index in [-0.39, 0.29) is 5.82 Å². The molecule has 1 amide bonds. The number of hydrogen-bond donors (Lipinski definition) is 1. The van der Waals surface area contributed by atoms with Gasteiger partial charge >= 0.3 is 0 Å². The van der Waals surface area contributed by atoms with Gasteiger partial charge < -0.3 is 10.1 Å². The summed E-state index contributed by atoms with van der Waals surface area (Å²) >= 11 is 6.89. The van der Waals surface area contributed by atoms with Crippen molar-refractivity contribution >= 4 is 43.5 Å². The second kappa shape index (κ2) is 8.81. The first kappa shape index (κ1) is 20.3. The molecule has 0 spiro atoms. The predicted octanol–water partition coefficient (Wildman–Crippen LogP) is 5.72. The number of benzene rings is 3. The van der Waals surface area contributed by atoms with Gasteiger partial charge in [0, 0.05) is 20.2 Å². The van der Waals surface area contributed by atoms with E-state index in [4.69, 9.17) is 4.74 Å². The van der Waals surface area contributed by atoms with E-state index >= 15 is 0 Å². The van der Waals surface area contributed by atoms with Gasteiger partial charge in [0.25, 0.3) is 5.91 Å². The third kappa shape index (κ3) is 4.44. The average Bonchev–Trinajstić information content (AvgIpc) is 3.21. The van der Waals surface area contributed by atoms with Crippen molar-refractivity contribution in [3.63, 3.8) is 0 Å². The van der Waals surface area contributed by atoms with Gasteiger partial charge in [0.15, 0.2) is 5.82 Å². The molecule has 4 aromatic rings. The molecule has 150 valence electrons. The van der Waals surface area contributed by atoms with Gasteiger partial charge in [0.05, 0.1) is 12.8 Å². The highest BCUT2D eigenvalue weighted by atomic mass is 79.9. The lowest BCUT2D eigenvalue weighted by molar-refractivity contribution is 0.101. The van der Waals surface area contributed by atoms with Gasteiger partial charge in [0.1, 0.15) is 5.75 Å². The minimum atomic E-state index is -0.394. The summed E-state index contributed by atoms with van der Waals surface area (Å²) in [6.07, 6.45) is 0. The van der Waals surface area contributed by atoms with Gasteiger partial charge in [-0.15, -0.1) is 5.10 Å². The van der Waals surface area contributed by atoms with Crippen molar-refractivity contribution < 1.29 is 9.53 Å². The summed E-state index contributed by atoms with van der Waals surface area (Å²) in [5.74, 6) is 0.967. The molecule has 0 saturated heterocycles. The van der Waals surface area contributed by atoms with Crippen LogP contribution in [0.2, 0.25) is 0 Å². The number of hydrogen-bond acceptors (Lipinski definition) is 4. The Morgan fingerprint density at radius 3 is 2.10 bits per heavy atom. The van der Waals surface area contributed by atoms with Crippen LogP contribution in [0.1, 0.15) is 10.6 Å². The zero-order valence-corrected chi connectivity index (χ0v) is 19.0. The van der Waals surface area contributed by atoms with Crippen LogP contribution in [0.3, 0.4) is 0 Å². The second-order valence-electron chi connectivity index (χ2n) is 6.34.